The van der Waals surface area contributed by atoms with Crippen molar-refractivity contribution in [1.29, 1.82) is 0 Å². The van der Waals surface area contributed by atoms with Gasteiger partial charge in [-0.15, -0.1) is 0 Å². The Morgan fingerprint density at radius 1 is 0.957 bits per heavy atom. The van der Waals surface area contributed by atoms with Crippen LogP contribution in [0.1, 0.15) is 16.1 Å². The van der Waals surface area contributed by atoms with E-state index in [4.69, 9.17) is 4.42 Å². The quantitative estimate of drug-likeness (QED) is 0.650. The summed E-state index contributed by atoms with van der Waals surface area (Å²) in [5, 5.41) is 6.16. The number of anilines is 3. The van der Waals surface area contributed by atoms with E-state index >= 15 is 0 Å². The van der Waals surface area contributed by atoms with Gasteiger partial charge in [0.2, 0.25) is 0 Å². The van der Waals surface area contributed by atoms with Crippen LogP contribution in [0.3, 0.4) is 0 Å². The molecule has 1 amide bonds. The molecule has 5 heteroatoms. The maximum atomic E-state index is 12.2. The van der Waals surface area contributed by atoms with Gasteiger partial charge < -0.3 is 15.1 Å². The predicted molar refractivity (Wildman–Crippen MR) is 95.3 cm³/mol. The summed E-state index contributed by atoms with van der Waals surface area (Å²) in [4.78, 5) is 12.2. The van der Waals surface area contributed by atoms with Gasteiger partial charge in [-0.1, -0.05) is 29.8 Å². The monoisotopic (exact) mass is 370 g/mol. The molecule has 3 rings (SSSR count). The first-order valence-corrected chi connectivity index (χ1v) is 7.90. The van der Waals surface area contributed by atoms with Crippen LogP contribution in [-0.2, 0) is 0 Å². The molecule has 3 aromatic rings. The lowest BCUT2D eigenvalue weighted by atomic mass is 10.2. The molecule has 0 spiro atoms. The number of carbonyl (C=O) groups excluding carboxylic acids is 1. The van der Waals surface area contributed by atoms with Crippen LogP contribution in [0.5, 0.6) is 0 Å². The van der Waals surface area contributed by atoms with Gasteiger partial charge in [0.1, 0.15) is 0 Å². The number of hydrogen-bond acceptors (Lipinski definition) is 3. The standard InChI is InChI=1S/C18H15BrN2O2/c1-12-6-8-13(9-7-12)20-14-4-2-3-5-15(14)21-18(22)16-10-11-17(19)23-16/h2-11,20H,1H3,(H,21,22). The van der Waals surface area contributed by atoms with Gasteiger partial charge >= 0.3 is 0 Å². The predicted octanol–water partition coefficient (Wildman–Crippen LogP) is 5.35. The van der Waals surface area contributed by atoms with Crippen molar-refractivity contribution in [2.24, 2.45) is 0 Å². The Morgan fingerprint density at radius 3 is 2.30 bits per heavy atom. The van der Waals surface area contributed by atoms with E-state index in [-0.39, 0.29) is 11.7 Å². The second kappa shape index (κ2) is 6.71. The fourth-order valence-electron chi connectivity index (χ4n) is 2.11. The number of nitrogens with one attached hydrogen (secondary N) is 2. The maximum absolute atomic E-state index is 12.2. The Bertz CT molecular complexity index is 825. The second-order valence-electron chi connectivity index (χ2n) is 5.09. The van der Waals surface area contributed by atoms with Gasteiger partial charge in [-0.25, -0.2) is 0 Å². The summed E-state index contributed by atoms with van der Waals surface area (Å²) in [7, 11) is 0. The van der Waals surface area contributed by atoms with Gasteiger partial charge in [0.15, 0.2) is 10.4 Å². The third-order valence-corrected chi connectivity index (χ3v) is 3.73. The third-order valence-electron chi connectivity index (χ3n) is 3.30. The van der Waals surface area contributed by atoms with Crippen molar-refractivity contribution >= 4 is 38.9 Å². The van der Waals surface area contributed by atoms with Crippen LogP contribution in [0.15, 0.2) is 69.8 Å². The molecule has 0 bridgehead atoms. The van der Waals surface area contributed by atoms with Gasteiger partial charge in [0.25, 0.3) is 5.91 Å². The Labute approximate surface area is 142 Å². The first-order chi connectivity index (χ1) is 11.1. The molecule has 0 radical (unpaired) electrons. The highest BCUT2D eigenvalue weighted by Crippen LogP contribution is 2.26. The highest BCUT2D eigenvalue weighted by molar-refractivity contribution is 9.10. The molecule has 116 valence electrons. The molecule has 0 fully saturated rings. The van der Waals surface area contributed by atoms with Crippen molar-refractivity contribution in [3.63, 3.8) is 0 Å². The number of aryl methyl sites for hydroxylation is 1. The van der Waals surface area contributed by atoms with E-state index in [0.29, 0.717) is 10.4 Å². The van der Waals surface area contributed by atoms with Crippen LogP contribution in [0.25, 0.3) is 0 Å². The Hall–Kier alpha value is -2.53. The minimum atomic E-state index is -0.297. The number of amides is 1. The van der Waals surface area contributed by atoms with Crippen LogP contribution in [-0.4, -0.2) is 5.91 Å². The van der Waals surface area contributed by atoms with Gasteiger partial charge in [0, 0.05) is 5.69 Å². The number of rotatable bonds is 4. The van der Waals surface area contributed by atoms with Crippen LogP contribution in [0.4, 0.5) is 17.1 Å². The van der Waals surface area contributed by atoms with Crippen molar-refractivity contribution < 1.29 is 9.21 Å². The van der Waals surface area contributed by atoms with Crippen molar-refractivity contribution in [2.45, 2.75) is 6.92 Å². The number of halogens is 1. The number of furan rings is 1. The molecule has 0 aliphatic rings. The summed E-state index contributed by atoms with van der Waals surface area (Å²) in [6.07, 6.45) is 0. The highest BCUT2D eigenvalue weighted by atomic mass is 79.9. The molecular weight excluding hydrogens is 356 g/mol. The van der Waals surface area contributed by atoms with E-state index in [9.17, 15) is 4.79 Å². The molecule has 4 nitrogen and oxygen atoms in total. The van der Waals surface area contributed by atoms with Crippen molar-refractivity contribution in [3.8, 4) is 0 Å². The molecule has 2 N–H and O–H groups in total. The summed E-state index contributed by atoms with van der Waals surface area (Å²) >= 11 is 3.19. The zero-order valence-corrected chi connectivity index (χ0v) is 14.1. The largest absolute Gasteiger partial charge is 0.444 e. The van der Waals surface area contributed by atoms with Gasteiger partial charge in [-0.3, -0.25) is 4.79 Å². The molecule has 0 atom stereocenters. The highest BCUT2D eigenvalue weighted by Gasteiger charge is 2.12. The van der Waals surface area contributed by atoms with Gasteiger partial charge in [-0.05, 0) is 59.3 Å². The lowest BCUT2D eigenvalue weighted by Crippen LogP contribution is -2.12. The molecule has 23 heavy (non-hydrogen) atoms. The SMILES string of the molecule is Cc1ccc(Nc2ccccc2NC(=O)c2ccc(Br)o2)cc1. The Morgan fingerprint density at radius 2 is 1.65 bits per heavy atom. The Balaban J connectivity index is 1.80. The van der Waals surface area contributed by atoms with Crippen molar-refractivity contribution in [1.82, 2.24) is 0 Å². The van der Waals surface area contributed by atoms with E-state index < -0.39 is 0 Å². The van der Waals surface area contributed by atoms with E-state index in [1.165, 1.54) is 5.56 Å². The summed E-state index contributed by atoms with van der Waals surface area (Å²) in [6.45, 7) is 2.04. The molecule has 2 aromatic carbocycles. The number of benzene rings is 2. The first-order valence-electron chi connectivity index (χ1n) is 7.11. The topological polar surface area (TPSA) is 54.3 Å². The van der Waals surface area contributed by atoms with Crippen LogP contribution in [0.2, 0.25) is 0 Å². The smallest absolute Gasteiger partial charge is 0.291 e. The average molecular weight is 371 g/mol. The normalized spacial score (nSPS) is 10.3. The summed E-state index contributed by atoms with van der Waals surface area (Å²) in [6, 6.07) is 18.9. The van der Waals surface area contributed by atoms with E-state index in [0.717, 1.165) is 11.4 Å². The van der Waals surface area contributed by atoms with Crippen molar-refractivity contribution in [2.75, 3.05) is 10.6 Å². The zero-order chi connectivity index (χ0) is 16.2. The molecule has 0 saturated carbocycles. The second-order valence-corrected chi connectivity index (χ2v) is 5.88. The number of carbonyl (C=O) groups is 1. The van der Waals surface area contributed by atoms with Crippen LogP contribution < -0.4 is 10.6 Å². The third kappa shape index (κ3) is 3.81. The van der Waals surface area contributed by atoms with E-state index in [2.05, 4.69) is 26.6 Å². The molecular formula is C18H15BrN2O2. The number of hydrogen-bond donors (Lipinski definition) is 2. The Kier molecular flexibility index (Phi) is 4.48. The lowest BCUT2D eigenvalue weighted by molar-refractivity contribution is 0.0995. The average Bonchev–Trinajstić information content (AvgIpc) is 2.98. The molecule has 0 saturated heterocycles. The van der Waals surface area contributed by atoms with Crippen LogP contribution >= 0.6 is 15.9 Å². The lowest BCUT2D eigenvalue weighted by Gasteiger charge is -2.12. The fraction of sp³-hybridized carbons (Fsp3) is 0.0556. The van der Waals surface area contributed by atoms with Crippen LogP contribution in [0, 0.1) is 6.92 Å². The first kappa shape index (κ1) is 15.4. The fourth-order valence-corrected chi connectivity index (χ4v) is 2.42. The van der Waals surface area contributed by atoms with Gasteiger partial charge in [0.05, 0.1) is 11.4 Å². The minimum Gasteiger partial charge on any atom is -0.444 e. The molecule has 0 aliphatic heterocycles. The number of para-hydroxylation sites is 2. The van der Waals surface area contributed by atoms with Gasteiger partial charge in [-0.2, -0.15) is 0 Å². The van der Waals surface area contributed by atoms with E-state index in [1.54, 1.807) is 12.1 Å². The molecule has 1 heterocycles. The molecule has 0 aliphatic carbocycles. The van der Waals surface area contributed by atoms with Crippen molar-refractivity contribution in [3.05, 3.63) is 76.7 Å². The zero-order valence-electron chi connectivity index (χ0n) is 12.5. The summed E-state index contributed by atoms with van der Waals surface area (Å²) in [5.41, 5.74) is 3.65. The van der Waals surface area contributed by atoms with E-state index in [1.807, 2.05) is 55.5 Å². The minimum absolute atomic E-state index is 0.252. The molecule has 1 aromatic heterocycles. The molecule has 0 unspecified atom stereocenters. The maximum Gasteiger partial charge on any atom is 0.291 e. The summed E-state index contributed by atoms with van der Waals surface area (Å²) < 4.78 is 5.79. The summed E-state index contributed by atoms with van der Waals surface area (Å²) in [5.74, 6) is -0.0455.